The summed E-state index contributed by atoms with van der Waals surface area (Å²) in [5.74, 6) is 0.356. The Balaban J connectivity index is 4.29. The van der Waals surface area contributed by atoms with Crippen molar-refractivity contribution < 1.29 is 9.53 Å². The molecule has 1 unspecified atom stereocenters. The molecular weight excluding hydrogens is 190 g/mol. The van der Waals surface area contributed by atoms with Gasteiger partial charge in [0.05, 0.1) is 0 Å². The van der Waals surface area contributed by atoms with Crippen molar-refractivity contribution in [2.45, 2.75) is 59.1 Å². The van der Waals surface area contributed by atoms with Gasteiger partial charge in [0.2, 0.25) is 0 Å². The lowest BCUT2D eigenvalue weighted by atomic mass is 9.92. The maximum atomic E-state index is 11.0. The summed E-state index contributed by atoms with van der Waals surface area (Å²) in [5, 5.41) is 3.23. The SMILES string of the molecule is CNC(C)(C)CC(CC(C)C)OC(C)=O. The summed E-state index contributed by atoms with van der Waals surface area (Å²) >= 11 is 0. The van der Waals surface area contributed by atoms with E-state index in [2.05, 4.69) is 33.0 Å². The van der Waals surface area contributed by atoms with E-state index in [4.69, 9.17) is 4.74 Å². The molecule has 0 amide bonds. The minimum Gasteiger partial charge on any atom is -0.462 e. The largest absolute Gasteiger partial charge is 0.462 e. The molecule has 0 aromatic heterocycles. The van der Waals surface area contributed by atoms with Crippen molar-refractivity contribution in [2.24, 2.45) is 5.92 Å². The zero-order valence-corrected chi connectivity index (χ0v) is 10.9. The van der Waals surface area contributed by atoms with Gasteiger partial charge in [-0.2, -0.15) is 0 Å². The number of hydrogen-bond donors (Lipinski definition) is 1. The van der Waals surface area contributed by atoms with Gasteiger partial charge in [0.1, 0.15) is 6.10 Å². The lowest BCUT2D eigenvalue weighted by molar-refractivity contribution is -0.148. The Morgan fingerprint density at radius 3 is 2.27 bits per heavy atom. The lowest BCUT2D eigenvalue weighted by Gasteiger charge is -2.29. The fourth-order valence-electron chi connectivity index (χ4n) is 1.60. The fraction of sp³-hybridized carbons (Fsp3) is 0.917. The minimum atomic E-state index is -0.187. The van der Waals surface area contributed by atoms with Crippen molar-refractivity contribution in [3.63, 3.8) is 0 Å². The first-order chi connectivity index (χ1) is 6.76. The summed E-state index contributed by atoms with van der Waals surface area (Å²) < 4.78 is 5.32. The van der Waals surface area contributed by atoms with Gasteiger partial charge in [-0.15, -0.1) is 0 Å². The zero-order valence-electron chi connectivity index (χ0n) is 10.9. The number of nitrogens with one attached hydrogen (secondary N) is 1. The Bertz CT molecular complexity index is 200. The third kappa shape index (κ3) is 7.37. The van der Waals surface area contributed by atoms with E-state index in [-0.39, 0.29) is 17.6 Å². The monoisotopic (exact) mass is 215 g/mol. The molecule has 0 heterocycles. The Labute approximate surface area is 93.6 Å². The van der Waals surface area contributed by atoms with Gasteiger partial charge >= 0.3 is 5.97 Å². The smallest absolute Gasteiger partial charge is 0.302 e. The second kappa shape index (κ2) is 6.11. The highest BCUT2D eigenvalue weighted by atomic mass is 16.5. The molecule has 0 aromatic carbocycles. The van der Waals surface area contributed by atoms with Crippen LogP contribution >= 0.6 is 0 Å². The van der Waals surface area contributed by atoms with E-state index in [1.807, 2.05) is 7.05 Å². The van der Waals surface area contributed by atoms with Gasteiger partial charge in [-0.3, -0.25) is 4.79 Å². The van der Waals surface area contributed by atoms with Gasteiger partial charge in [0.15, 0.2) is 0 Å². The average molecular weight is 215 g/mol. The molecule has 0 aliphatic heterocycles. The first kappa shape index (κ1) is 14.4. The van der Waals surface area contributed by atoms with E-state index < -0.39 is 0 Å². The predicted octanol–water partition coefficient (Wildman–Crippen LogP) is 2.35. The molecule has 0 saturated carbocycles. The quantitative estimate of drug-likeness (QED) is 0.691. The molecular formula is C12H25NO2. The van der Waals surface area contributed by atoms with E-state index in [0.29, 0.717) is 5.92 Å². The number of ether oxygens (including phenoxy) is 1. The van der Waals surface area contributed by atoms with Crippen LogP contribution in [0.2, 0.25) is 0 Å². The van der Waals surface area contributed by atoms with Crippen LogP contribution in [-0.4, -0.2) is 24.7 Å². The minimum absolute atomic E-state index is 0.00894. The number of rotatable bonds is 6. The van der Waals surface area contributed by atoms with Gasteiger partial charge < -0.3 is 10.1 Å². The Morgan fingerprint density at radius 2 is 1.93 bits per heavy atom. The summed E-state index contributed by atoms with van der Waals surface area (Å²) in [6.07, 6.45) is 1.79. The molecule has 90 valence electrons. The van der Waals surface area contributed by atoms with Gasteiger partial charge in [0.25, 0.3) is 0 Å². The number of hydrogen-bond acceptors (Lipinski definition) is 3. The molecule has 0 fully saturated rings. The third-order valence-corrected chi connectivity index (χ3v) is 2.48. The van der Waals surface area contributed by atoms with Crippen LogP contribution < -0.4 is 5.32 Å². The number of carbonyl (C=O) groups is 1. The highest BCUT2D eigenvalue weighted by molar-refractivity contribution is 5.66. The second-order valence-electron chi connectivity index (χ2n) is 5.20. The van der Waals surface area contributed by atoms with Crippen LogP contribution in [0, 0.1) is 5.92 Å². The van der Waals surface area contributed by atoms with E-state index in [1.54, 1.807) is 0 Å². The maximum absolute atomic E-state index is 11.0. The predicted molar refractivity (Wildman–Crippen MR) is 62.8 cm³/mol. The molecule has 0 rings (SSSR count). The van der Waals surface area contributed by atoms with E-state index >= 15 is 0 Å². The number of esters is 1. The summed E-state index contributed by atoms with van der Waals surface area (Å²) in [4.78, 5) is 11.0. The first-order valence-corrected chi connectivity index (χ1v) is 5.63. The topological polar surface area (TPSA) is 38.3 Å². The molecule has 1 atom stereocenters. The zero-order chi connectivity index (χ0) is 12.1. The second-order valence-corrected chi connectivity index (χ2v) is 5.20. The van der Waals surface area contributed by atoms with Crippen LogP contribution in [0.5, 0.6) is 0 Å². The summed E-state index contributed by atoms with van der Waals surface area (Å²) in [6.45, 7) is 9.99. The van der Waals surface area contributed by atoms with Crippen LogP contribution in [0.1, 0.15) is 47.5 Å². The molecule has 0 spiro atoms. The standard InChI is InChI=1S/C12H25NO2/c1-9(2)7-11(15-10(3)14)8-12(4,5)13-6/h9,11,13H,7-8H2,1-6H3. The Kier molecular flexibility index (Phi) is 5.88. The first-order valence-electron chi connectivity index (χ1n) is 5.63. The third-order valence-electron chi connectivity index (χ3n) is 2.48. The highest BCUT2D eigenvalue weighted by Crippen LogP contribution is 2.19. The Morgan fingerprint density at radius 1 is 1.40 bits per heavy atom. The van der Waals surface area contributed by atoms with Gasteiger partial charge in [0, 0.05) is 18.9 Å². The van der Waals surface area contributed by atoms with Crippen molar-refractivity contribution in [2.75, 3.05) is 7.05 Å². The van der Waals surface area contributed by atoms with E-state index in [1.165, 1.54) is 6.92 Å². The molecule has 3 heteroatoms. The molecule has 0 saturated heterocycles. The van der Waals surface area contributed by atoms with E-state index in [9.17, 15) is 4.79 Å². The van der Waals surface area contributed by atoms with Crippen molar-refractivity contribution in [1.82, 2.24) is 5.32 Å². The normalized spacial score (nSPS) is 14.1. The van der Waals surface area contributed by atoms with Gasteiger partial charge in [-0.25, -0.2) is 0 Å². The van der Waals surface area contributed by atoms with Crippen molar-refractivity contribution in [3.05, 3.63) is 0 Å². The fourth-order valence-corrected chi connectivity index (χ4v) is 1.60. The van der Waals surface area contributed by atoms with E-state index in [0.717, 1.165) is 12.8 Å². The van der Waals surface area contributed by atoms with Crippen molar-refractivity contribution in [1.29, 1.82) is 0 Å². The molecule has 1 N–H and O–H groups in total. The number of carbonyl (C=O) groups excluding carboxylic acids is 1. The van der Waals surface area contributed by atoms with Crippen molar-refractivity contribution >= 4 is 5.97 Å². The molecule has 3 nitrogen and oxygen atoms in total. The van der Waals surface area contributed by atoms with Crippen LogP contribution in [0.3, 0.4) is 0 Å². The van der Waals surface area contributed by atoms with Crippen LogP contribution in [-0.2, 0) is 9.53 Å². The summed E-state index contributed by atoms with van der Waals surface area (Å²) in [5.41, 5.74) is 0.00894. The molecule has 0 aliphatic carbocycles. The lowest BCUT2D eigenvalue weighted by Crippen LogP contribution is -2.41. The highest BCUT2D eigenvalue weighted by Gasteiger charge is 2.24. The Hall–Kier alpha value is -0.570. The molecule has 0 aromatic rings. The van der Waals surface area contributed by atoms with Gasteiger partial charge in [-0.1, -0.05) is 13.8 Å². The summed E-state index contributed by atoms with van der Waals surface area (Å²) in [6, 6.07) is 0. The summed E-state index contributed by atoms with van der Waals surface area (Å²) in [7, 11) is 1.93. The van der Waals surface area contributed by atoms with Crippen molar-refractivity contribution in [3.8, 4) is 0 Å². The molecule has 0 radical (unpaired) electrons. The van der Waals surface area contributed by atoms with Crippen LogP contribution in [0.15, 0.2) is 0 Å². The van der Waals surface area contributed by atoms with Crippen LogP contribution in [0.25, 0.3) is 0 Å². The molecule has 15 heavy (non-hydrogen) atoms. The average Bonchev–Trinajstić information content (AvgIpc) is 2.00. The maximum Gasteiger partial charge on any atom is 0.302 e. The molecule has 0 aliphatic rings. The molecule has 0 bridgehead atoms. The van der Waals surface area contributed by atoms with Gasteiger partial charge in [-0.05, 0) is 33.2 Å². The van der Waals surface area contributed by atoms with Crippen LogP contribution in [0.4, 0.5) is 0 Å².